The number of thioether (sulfide) groups is 1. The highest BCUT2D eigenvalue weighted by atomic mass is 32.2. The molecular formula is C19H29FN4OS. The van der Waals surface area contributed by atoms with E-state index in [4.69, 9.17) is 4.74 Å². The van der Waals surface area contributed by atoms with Gasteiger partial charge in [-0.15, -0.1) is 11.8 Å². The Kier molecular flexibility index (Phi) is 7.58. The summed E-state index contributed by atoms with van der Waals surface area (Å²) in [7, 11) is 1.86. The summed E-state index contributed by atoms with van der Waals surface area (Å²) >= 11 is 1.76. The monoisotopic (exact) mass is 380 g/mol. The van der Waals surface area contributed by atoms with Crippen LogP contribution in [-0.4, -0.2) is 80.5 Å². The largest absolute Gasteiger partial charge is 0.379 e. The molecule has 0 amide bonds. The van der Waals surface area contributed by atoms with Crippen molar-refractivity contribution in [2.45, 2.75) is 23.8 Å². The van der Waals surface area contributed by atoms with E-state index in [1.54, 1.807) is 11.8 Å². The summed E-state index contributed by atoms with van der Waals surface area (Å²) in [6.45, 7) is 6.82. The fourth-order valence-corrected chi connectivity index (χ4v) is 4.35. The van der Waals surface area contributed by atoms with Gasteiger partial charge in [0.2, 0.25) is 0 Å². The quantitative estimate of drug-likeness (QED) is 0.355. The molecule has 26 heavy (non-hydrogen) atoms. The number of aliphatic imine (C=N–C) groups is 1. The van der Waals surface area contributed by atoms with Crippen LogP contribution in [0.3, 0.4) is 0 Å². The Balaban J connectivity index is 1.35. The second-order valence-corrected chi connectivity index (χ2v) is 7.84. The van der Waals surface area contributed by atoms with E-state index >= 15 is 0 Å². The van der Waals surface area contributed by atoms with Gasteiger partial charge in [0.25, 0.3) is 0 Å². The summed E-state index contributed by atoms with van der Waals surface area (Å²) in [6.07, 6.45) is 2.24. The lowest BCUT2D eigenvalue weighted by atomic mass is 10.2. The van der Waals surface area contributed by atoms with E-state index in [9.17, 15) is 4.39 Å². The standard InChI is InChI=1S/C19H29FN4OS/c1-21-19(22-8-2-14-26-18-5-3-16(20)4-6-18)24-9-7-17(15-24)23-10-12-25-13-11-23/h3-6,17H,2,7-15H2,1H3,(H,21,22). The van der Waals surface area contributed by atoms with Crippen LogP contribution in [0.2, 0.25) is 0 Å². The molecule has 1 atom stereocenters. The van der Waals surface area contributed by atoms with E-state index in [1.165, 1.54) is 18.6 Å². The first-order chi connectivity index (χ1) is 12.8. The van der Waals surface area contributed by atoms with Crippen LogP contribution in [0.1, 0.15) is 12.8 Å². The lowest BCUT2D eigenvalue weighted by Crippen LogP contribution is -2.46. The summed E-state index contributed by atoms with van der Waals surface area (Å²) in [5.74, 6) is 1.83. The minimum atomic E-state index is -0.180. The molecule has 5 nitrogen and oxygen atoms in total. The van der Waals surface area contributed by atoms with E-state index < -0.39 is 0 Å². The van der Waals surface area contributed by atoms with Crippen molar-refractivity contribution in [1.29, 1.82) is 0 Å². The van der Waals surface area contributed by atoms with Crippen LogP contribution in [0.4, 0.5) is 4.39 Å². The Morgan fingerprint density at radius 2 is 2.04 bits per heavy atom. The maximum atomic E-state index is 12.9. The number of halogens is 1. The predicted molar refractivity (Wildman–Crippen MR) is 105 cm³/mol. The molecule has 2 aliphatic heterocycles. The molecule has 0 radical (unpaired) electrons. The first-order valence-electron chi connectivity index (χ1n) is 9.42. The maximum absolute atomic E-state index is 12.9. The fourth-order valence-electron chi connectivity index (χ4n) is 3.50. The number of nitrogens with zero attached hydrogens (tertiary/aromatic N) is 3. The molecule has 1 unspecified atom stereocenters. The van der Waals surface area contributed by atoms with Crippen molar-refractivity contribution in [2.75, 3.05) is 58.7 Å². The van der Waals surface area contributed by atoms with E-state index in [0.29, 0.717) is 6.04 Å². The molecule has 2 fully saturated rings. The van der Waals surface area contributed by atoms with Gasteiger partial charge in [0.15, 0.2) is 5.96 Å². The van der Waals surface area contributed by atoms with Crippen LogP contribution in [0.5, 0.6) is 0 Å². The molecule has 1 aromatic carbocycles. The minimum Gasteiger partial charge on any atom is -0.379 e. The molecule has 2 aliphatic rings. The molecule has 2 saturated heterocycles. The van der Waals surface area contributed by atoms with E-state index in [1.807, 2.05) is 19.2 Å². The van der Waals surface area contributed by atoms with Gasteiger partial charge >= 0.3 is 0 Å². The normalized spacial score (nSPS) is 22.0. The fraction of sp³-hybridized carbons (Fsp3) is 0.632. The van der Waals surface area contributed by atoms with Crippen molar-refractivity contribution < 1.29 is 9.13 Å². The highest BCUT2D eigenvalue weighted by Crippen LogP contribution is 2.19. The molecule has 1 aromatic rings. The molecule has 0 aliphatic carbocycles. The molecule has 3 rings (SSSR count). The van der Waals surface area contributed by atoms with Crippen molar-refractivity contribution in [1.82, 2.24) is 15.1 Å². The second-order valence-electron chi connectivity index (χ2n) is 6.67. The topological polar surface area (TPSA) is 40.1 Å². The molecule has 7 heteroatoms. The first kappa shape index (κ1) is 19.5. The number of hydrogen-bond acceptors (Lipinski definition) is 4. The van der Waals surface area contributed by atoms with Gasteiger partial charge in [0.05, 0.1) is 13.2 Å². The zero-order valence-corrected chi connectivity index (χ0v) is 16.3. The molecule has 2 heterocycles. The smallest absolute Gasteiger partial charge is 0.193 e. The molecule has 0 bridgehead atoms. The molecule has 0 saturated carbocycles. The third kappa shape index (κ3) is 5.59. The number of nitrogens with one attached hydrogen (secondary N) is 1. The summed E-state index contributed by atoms with van der Waals surface area (Å²) in [5.41, 5.74) is 0. The van der Waals surface area contributed by atoms with E-state index in [-0.39, 0.29) is 5.82 Å². The number of rotatable bonds is 6. The average Bonchev–Trinajstić information content (AvgIpc) is 3.17. The lowest BCUT2D eigenvalue weighted by molar-refractivity contribution is 0.0195. The van der Waals surface area contributed by atoms with Crippen LogP contribution in [0.25, 0.3) is 0 Å². The molecule has 1 N–H and O–H groups in total. The van der Waals surface area contributed by atoms with Crippen molar-refractivity contribution in [3.63, 3.8) is 0 Å². The number of likely N-dealkylation sites (tertiary alicyclic amines) is 1. The van der Waals surface area contributed by atoms with E-state index in [0.717, 1.165) is 69.0 Å². The number of ether oxygens (including phenoxy) is 1. The third-order valence-corrected chi connectivity index (χ3v) is 6.02. The molecular weight excluding hydrogens is 351 g/mol. The lowest BCUT2D eigenvalue weighted by Gasteiger charge is -2.32. The van der Waals surface area contributed by atoms with Crippen LogP contribution in [0.15, 0.2) is 34.2 Å². The Morgan fingerprint density at radius 1 is 1.27 bits per heavy atom. The zero-order valence-electron chi connectivity index (χ0n) is 15.5. The van der Waals surface area contributed by atoms with Gasteiger partial charge in [-0.3, -0.25) is 9.89 Å². The number of hydrogen-bond donors (Lipinski definition) is 1. The minimum absolute atomic E-state index is 0.180. The predicted octanol–water partition coefficient (Wildman–Crippen LogP) is 2.29. The van der Waals surface area contributed by atoms with Crippen LogP contribution in [-0.2, 0) is 4.74 Å². The van der Waals surface area contributed by atoms with Gasteiger partial charge in [0, 0.05) is 50.7 Å². The highest BCUT2D eigenvalue weighted by Gasteiger charge is 2.30. The first-order valence-corrected chi connectivity index (χ1v) is 10.4. The molecule has 0 aromatic heterocycles. The maximum Gasteiger partial charge on any atom is 0.193 e. The zero-order chi connectivity index (χ0) is 18.2. The number of morpholine rings is 1. The highest BCUT2D eigenvalue weighted by molar-refractivity contribution is 7.99. The summed E-state index contributed by atoms with van der Waals surface area (Å²) < 4.78 is 18.4. The summed E-state index contributed by atoms with van der Waals surface area (Å²) in [4.78, 5) is 10.5. The Bertz CT molecular complexity index is 577. The van der Waals surface area contributed by atoms with Gasteiger partial charge in [0.1, 0.15) is 5.82 Å². The van der Waals surface area contributed by atoms with Crippen molar-refractivity contribution >= 4 is 17.7 Å². The van der Waals surface area contributed by atoms with Gasteiger partial charge in [-0.2, -0.15) is 0 Å². The van der Waals surface area contributed by atoms with E-state index in [2.05, 4.69) is 20.1 Å². The molecule has 0 spiro atoms. The SMILES string of the molecule is CN=C(NCCCSc1ccc(F)cc1)N1CCC(N2CCOCC2)C1. The Labute approximate surface area is 160 Å². The van der Waals surface area contributed by atoms with Gasteiger partial charge < -0.3 is 15.0 Å². The van der Waals surface area contributed by atoms with Crippen molar-refractivity contribution in [3.05, 3.63) is 30.1 Å². The van der Waals surface area contributed by atoms with Gasteiger partial charge in [-0.05, 0) is 42.9 Å². The third-order valence-electron chi connectivity index (χ3n) is 4.92. The van der Waals surface area contributed by atoms with Crippen LogP contribution in [0, 0.1) is 5.82 Å². The summed E-state index contributed by atoms with van der Waals surface area (Å²) in [6, 6.07) is 7.32. The van der Waals surface area contributed by atoms with Gasteiger partial charge in [-0.1, -0.05) is 0 Å². The average molecular weight is 381 g/mol. The van der Waals surface area contributed by atoms with Crippen molar-refractivity contribution in [2.24, 2.45) is 4.99 Å². The van der Waals surface area contributed by atoms with Crippen molar-refractivity contribution in [3.8, 4) is 0 Å². The van der Waals surface area contributed by atoms with Crippen LogP contribution < -0.4 is 5.32 Å². The Morgan fingerprint density at radius 3 is 2.77 bits per heavy atom. The van der Waals surface area contributed by atoms with Crippen LogP contribution >= 0.6 is 11.8 Å². The second kappa shape index (κ2) is 10.1. The number of benzene rings is 1. The number of guanidine groups is 1. The summed E-state index contributed by atoms with van der Waals surface area (Å²) in [5, 5.41) is 3.49. The van der Waals surface area contributed by atoms with Gasteiger partial charge in [-0.25, -0.2) is 4.39 Å². The molecule has 144 valence electrons. The Hall–Kier alpha value is -1.31.